The van der Waals surface area contributed by atoms with Crippen LogP contribution in [0.4, 0.5) is 0 Å². The Kier molecular flexibility index (Phi) is 4.14. The maximum absolute atomic E-state index is 12.0. The maximum Gasteiger partial charge on any atom is 0.237 e. The van der Waals surface area contributed by atoms with Crippen LogP contribution in [0.5, 0.6) is 0 Å². The summed E-state index contributed by atoms with van der Waals surface area (Å²) in [6.45, 7) is 6.88. The molecule has 4 nitrogen and oxygen atoms in total. The highest BCUT2D eigenvalue weighted by atomic mass is 16.2. The summed E-state index contributed by atoms with van der Waals surface area (Å²) in [6.07, 6.45) is 2.47. The number of nitrogens with one attached hydrogen (secondary N) is 2. The minimum atomic E-state index is -0.517. The van der Waals surface area contributed by atoms with Gasteiger partial charge in [-0.25, -0.2) is 0 Å². The van der Waals surface area contributed by atoms with Crippen LogP contribution < -0.4 is 11.1 Å². The number of hydrogen-bond donors (Lipinski definition) is 3. The van der Waals surface area contributed by atoms with Crippen molar-refractivity contribution in [1.29, 1.82) is 0 Å². The molecule has 0 aliphatic rings. The van der Waals surface area contributed by atoms with E-state index in [1.54, 1.807) is 0 Å². The van der Waals surface area contributed by atoms with E-state index < -0.39 is 6.04 Å². The van der Waals surface area contributed by atoms with E-state index in [1.807, 2.05) is 30.5 Å². The van der Waals surface area contributed by atoms with Gasteiger partial charge in [0.25, 0.3) is 0 Å². The molecule has 0 fully saturated rings. The van der Waals surface area contributed by atoms with Gasteiger partial charge in [0.05, 0.1) is 6.04 Å². The number of nitrogens with two attached hydrogens (primary N) is 1. The van der Waals surface area contributed by atoms with Gasteiger partial charge < -0.3 is 16.0 Å². The minimum absolute atomic E-state index is 0.0656. The normalized spacial score (nSPS) is 13.4. The summed E-state index contributed by atoms with van der Waals surface area (Å²) in [6, 6.07) is 7.52. The van der Waals surface area contributed by atoms with E-state index in [0.717, 1.165) is 16.5 Å². The number of aromatic amines is 1. The highest BCUT2D eigenvalue weighted by Crippen LogP contribution is 2.18. The summed E-state index contributed by atoms with van der Waals surface area (Å²) in [5.41, 5.74) is 8.22. The van der Waals surface area contributed by atoms with E-state index in [9.17, 15) is 4.79 Å². The van der Waals surface area contributed by atoms with Gasteiger partial charge in [0, 0.05) is 23.6 Å². The van der Waals surface area contributed by atoms with Crippen LogP contribution >= 0.6 is 0 Å². The fourth-order valence-electron chi connectivity index (χ4n) is 2.11. The second-order valence-corrected chi connectivity index (χ2v) is 6.45. The average Bonchev–Trinajstić information content (AvgIpc) is 2.78. The predicted molar refractivity (Wildman–Crippen MR) is 82.4 cm³/mol. The molecule has 1 aromatic carbocycles. The van der Waals surface area contributed by atoms with Gasteiger partial charge in [-0.2, -0.15) is 0 Å². The van der Waals surface area contributed by atoms with Gasteiger partial charge in [-0.3, -0.25) is 4.79 Å². The van der Waals surface area contributed by atoms with Crippen LogP contribution in [0, 0.1) is 5.41 Å². The first-order chi connectivity index (χ1) is 9.37. The first kappa shape index (κ1) is 14.6. The van der Waals surface area contributed by atoms with Crippen molar-refractivity contribution < 1.29 is 4.79 Å². The van der Waals surface area contributed by atoms with Gasteiger partial charge in [0.1, 0.15) is 0 Å². The Morgan fingerprint density at radius 3 is 2.75 bits per heavy atom. The first-order valence-electron chi connectivity index (χ1n) is 6.95. The Morgan fingerprint density at radius 2 is 2.05 bits per heavy atom. The molecule has 0 saturated heterocycles. The van der Waals surface area contributed by atoms with Crippen molar-refractivity contribution in [3.8, 4) is 0 Å². The summed E-state index contributed by atoms with van der Waals surface area (Å²) in [5.74, 6) is -0.0924. The molecule has 0 spiro atoms. The fourth-order valence-corrected chi connectivity index (χ4v) is 2.11. The fraction of sp³-hybridized carbons (Fsp3) is 0.438. The highest BCUT2D eigenvalue weighted by molar-refractivity contribution is 5.86. The largest absolute Gasteiger partial charge is 0.361 e. The number of benzene rings is 1. The van der Waals surface area contributed by atoms with E-state index in [4.69, 9.17) is 5.73 Å². The van der Waals surface area contributed by atoms with Gasteiger partial charge in [-0.05, 0) is 23.5 Å². The first-order valence-corrected chi connectivity index (χ1v) is 6.95. The van der Waals surface area contributed by atoms with Crippen molar-refractivity contribution in [2.75, 3.05) is 6.54 Å². The lowest BCUT2D eigenvalue weighted by Gasteiger charge is -2.20. The summed E-state index contributed by atoms with van der Waals surface area (Å²) in [7, 11) is 0. The number of H-pyrrole nitrogens is 1. The molecule has 1 amide bonds. The van der Waals surface area contributed by atoms with Crippen molar-refractivity contribution in [1.82, 2.24) is 10.3 Å². The zero-order valence-electron chi connectivity index (χ0n) is 12.4. The molecule has 2 rings (SSSR count). The molecule has 1 aromatic heterocycles. The highest BCUT2D eigenvalue weighted by Gasteiger charge is 2.18. The maximum atomic E-state index is 12.0. The summed E-state index contributed by atoms with van der Waals surface area (Å²) in [5, 5.41) is 4.04. The number of carbonyl (C=O) groups excluding carboxylic acids is 1. The molecular formula is C16H23N3O. The lowest BCUT2D eigenvalue weighted by Crippen LogP contribution is -2.44. The second kappa shape index (κ2) is 5.67. The monoisotopic (exact) mass is 273 g/mol. The lowest BCUT2D eigenvalue weighted by molar-refractivity contribution is -0.122. The number of carbonyl (C=O) groups is 1. The molecule has 4 N–H and O–H groups in total. The number of hydrogen-bond acceptors (Lipinski definition) is 2. The predicted octanol–water partition coefficient (Wildman–Crippen LogP) is 2.20. The third-order valence-corrected chi connectivity index (χ3v) is 3.24. The summed E-state index contributed by atoms with van der Waals surface area (Å²) >= 11 is 0. The van der Waals surface area contributed by atoms with Gasteiger partial charge >= 0.3 is 0 Å². The topological polar surface area (TPSA) is 70.9 Å². The molecule has 1 unspecified atom stereocenters. The number of amides is 1. The van der Waals surface area contributed by atoms with Crippen molar-refractivity contribution in [3.63, 3.8) is 0 Å². The van der Waals surface area contributed by atoms with E-state index >= 15 is 0 Å². The number of fused-ring (bicyclic) bond motifs is 1. The summed E-state index contributed by atoms with van der Waals surface area (Å²) < 4.78 is 0. The Balaban J connectivity index is 2.00. The smallest absolute Gasteiger partial charge is 0.237 e. The van der Waals surface area contributed by atoms with Gasteiger partial charge in [0.15, 0.2) is 0 Å². The van der Waals surface area contributed by atoms with E-state index in [-0.39, 0.29) is 11.3 Å². The molecule has 4 heteroatoms. The van der Waals surface area contributed by atoms with Crippen molar-refractivity contribution in [2.45, 2.75) is 33.2 Å². The molecule has 0 bridgehead atoms. The van der Waals surface area contributed by atoms with Gasteiger partial charge in [-0.15, -0.1) is 0 Å². The molecule has 0 aliphatic heterocycles. The lowest BCUT2D eigenvalue weighted by atomic mass is 9.96. The molecule has 2 aromatic rings. The van der Waals surface area contributed by atoms with Crippen LogP contribution in [0.3, 0.4) is 0 Å². The molecule has 20 heavy (non-hydrogen) atoms. The summed E-state index contributed by atoms with van der Waals surface area (Å²) in [4.78, 5) is 15.2. The zero-order valence-corrected chi connectivity index (χ0v) is 12.4. The van der Waals surface area contributed by atoms with Gasteiger partial charge in [-0.1, -0.05) is 39.0 Å². The average molecular weight is 273 g/mol. The van der Waals surface area contributed by atoms with E-state index in [1.165, 1.54) is 0 Å². The number of rotatable bonds is 4. The molecule has 1 heterocycles. The minimum Gasteiger partial charge on any atom is -0.361 e. The van der Waals surface area contributed by atoms with Crippen molar-refractivity contribution in [2.24, 2.45) is 11.1 Å². The SMILES string of the molecule is CC(C)(C)CNC(=O)C(N)Cc1c[nH]c2ccccc12. The van der Waals surface area contributed by atoms with Crippen molar-refractivity contribution >= 4 is 16.8 Å². The Bertz CT molecular complexity index is 595. The van der Waals surface area contributed by atoms with Crippen molar-refractivity contribution in [3.05, 3.63) is 36.0 Å². The Morgan fingerprint density at radius 1 is 1.35 bits per heavy atom. The third-order valence-electron chi connectivity index (χ3n) is 3.24. The van der Waals surface area contributed by atoms with E-state index in [2.05, 4.69) is 31.1 Å². The Hall–Kier alpha value is -1.81. The van der Waals surface area contributed by atoms with Crippen LogP contribution in [-0.4, -0.2) is 23.5 Å². The van der Waals surface area contributed by atoms with Crippen LogP contribution in [0.15, 0.2) is 30.5 Å². The molecule has 0 aliphatic carbocycles. The quantitative estimate of drug-likeness (QED) is 0.799. The van der Waals surface area contributed by atoms with Crippen LogP contribution in [0.1, 0.15) is 26.3 Å². The second-order valence-electron chi connectivity index (χ2n) is 6.45. The Labute approximate surface area is 119 Å². The number of para-hydroxylation sites is 1. The van der Waals surface area contributed by atoms with Crippen LogP contribution in [-0.2, 0) is 11.2 Å². The molecular weight excluding hydrogens is 250 g/mol. The van der Waals surface area contributed by atoms with Crippen LogP contribution in [0.2, 0.25) is 0 Å². The van der Waals surface area contributed by atoms with Gasteiger partial charge in [0.2, 0.25) is 5.91 Å². The zero-order chi connectivity index (χ0) is 14.8. The standard InChI is InChI=1S/C16H23N3O/c1-16(2,3)10-19-15(20)13(17)8-11-9-18-14-7-5-4-6-12(11)14/h4-7,9,13,18H,8,10,17H2,1-3H3,(H,19,20). The third kappa shape index (κ3) is 3.61. The molecule has 1 atom stereocenters. The van der Waals surface area contributed by atoms with E-state index in [0.29, 0.717) is 13.0 Å². The molecule has 0 saturated carbocycles. The number of aromatic nitrogens is 1. The molecule has 0 radical (unpaired) electrons. The van der Waals surface area contributed by atoms with Crippen LogP contribution in [0.25, 0.3) is 10.9 Å². The molecule has 108 valence electrons.